The molecule has 4 N–H and O–H groups in total. The van der Waals surface area contributed by atoms with E-state index < -0.39 is 59.8 Å². The SMILES string of the molecule is CC/C=C\C/C=C\C/C=C\CCCCCC(=O)OC(COCCCCCCCC/C=C\C/C=C\CCC)COC1OC(CO)C(O)C(OS(=O)(=O)O)C1O. The van der Waals surface area contributed by atoms with E-state index in [1.165, 1.54) is 19.3 Å². The summed E-state index contributed by atoms with van der Waals surface area (Å²) < 4.78 is 58.8. The fourth-order valence-electron chi connectivity index (χ4n) is 5.60. The Morgan fingerprint density at radius 2 is 1.28 bits per heavy atom. The summed E-state index contributed by atoms with van der Waals surface area (Å²) in [6.07, 6.45) is 29.8. The fraction of sp³-hybridized carbons (Fsp3) is 0.732. The van der Waals surface area contributed by atoms with Crippen LogP contribution in [0.2, 0.25) is 0 Å². The Balaban J connectivity index is 2.53. The molecule has 54 heavy (non-hydrogen) atoms. The van der Waals surface area contributed by atoms with Crippen LogP contribution in [0.15, 0.2) is 60.8 Å². The number of carbonyl (C=O) groups excluding carboxylic acids is 1. The molecule has 0 bridgehead atoms. The predicted molar refractivity (Wildman–Crippen MR) is 211 cm³/mol. The van der Waals surface area contributed by atoms with Crippen molar-refractivity contribution in [2.45, 2.75) is 166 Å². The number of unbranched alkanes of at least 4 members (excludes halogenated alkanes) is 10. The van der Waals surface area contributed by atoms with Gasteiger partial charge in [0.25, 0.3) is 0 Å². The van der Waals surface area contributed by atoms with Crippen molar-refractivity contribution in [2.75, 3.05) is 26.4 Å². The summed E-state index contributed by atoms with van der Waals surface area (Å²) in [6.45, 7) is 3.71. The van der Waals surface area contributed by atoms with E-state index >= 15 is 0 Å². The van der Waals surface area contributed by atoms with Crippen molar-refractivity contribution in [3.8, 4) is 0 Å². The van der Waals surface area contributed by atoms with E-state index in [0.717, 1.165) is 83.5 Å². The minimum atomic E-state index is -5.07. The van der Waals surface area contributed by atoms with Gasteiger partial charge in [0, 0.05) is 13.0 Å². The standard InChI is InChI=1S/C41H70O12S/c1-3-5-7-9-11-13-15-17-19-21-23-25-27-29-31-49-33-35(34-50-41-39(45)40(53-54(46,47)48)38(44)36(32-42)52-41)51-37(43)30-28-26-24-22-20-18-16-14-12-10-8-6-4-2/h6-9,12-15,18,20,35-36,38-42,44-45H,3-5,10-11,16-17,19,21-34H2,1-2H3,(H,46,47,48)/b8-6-,9-7-,14-12-,15-13-,20-18-. The molecular weight excluding hydrogens is 717 g/mol. The molecule has 1 saturated heterocycles. The summed E-state index contributed by atoms with van der Waals surface area (Å²) in [5, 5.41) is 30.5. The molecule has 13 heteroatoms. The molecule has 312 valence electrons. The number of allylic oxidation sites excluding steroid dienone is 10. The molecule has 6 unspecified atom stereocenters. The van der Waals surface area contributed by atoms with Crippen LogP contribution >= 0.6 is 0 Å². The molecule has 1 fully saturated rings. The average molecular weight is 787 g/mol. The van der Waals surface area contributed by atoms with Crippen molar-refractivity contribution < 1.29 is 56.2 Å². The quantitative estimate of drug-likeness (QED) is 0.0225. The highest BCUT2D eigenvalue weighted by atomic mass is 32.3. The first-order valence-electron chi connectivity index (χ1n) is 20.0. The topological polar surface area (TPSA) is 178 Å². The molecule has 6 atom stereocenters. The lowest BCUT2D eigenvalue weighted by Gasteiger charge is -2.41. The van der Waals surface area contributed by atoms with Crippen molar-refractivity contribution in [1.29, 1.82) is 0 Å². The molecule has 1 heterocycles. The lowest BCUT2D eigenvalue weighted by molar-refractivity contribution is -0.301. The number of carbonyl (C=O) groups is 1. The van der Waals surface area contributed by atoms with Crippen LogP contribution in [0.4, 0.5) is 0 Å². The lowest BCUT2D eigenvalue weighted by atomic mass is 9.99. The molecule has 0 radical (unpaired) electrons. The minimum absolute atomic E-state index is 0.0135. The van der Waals surface area contributed by atoms with Crippen LogP contribution in [-0.2, 0) is 38.3 Å². The highest BCUT2D eigenvalue weighted by Crippen LogP contribution is 2.26. The van der Waals surface area contributed by atoms with Crippen molar-refractivity contribution in [3.63, 3.8) is 0 Å². The molecule has 1 aliphatic rings. The Kier molecular flexibility index (Phi) is 30.4. The van der Waals surface area contributed by atoms with Gasteiger partial charge in [-0.1, -0.05) is 113 Å². The molecule has 0 aromatic heterocycles. The van der Waals surface area contributed by atoms with Gasteiger partial charge in [-0.2, -0.15) is 8.42 Å². The van der Waals surface area contributed by atoms with Gasteiger partial charge in [0.1, 0.15) is 30.5 Å². The van der Waals surface area contributed by atoms with E-state index in [-0.39, 0.29) is 19.6 Å². The van der Waals surface area contributed by atoms with Crippen LogP contribution < -0.4 is 0 Å². The second kappa shape index (κ2) is 33.0. The van der Waals surface area contributed by atoms with Crippen LogP contribution in [0.5, 0.6) is 0 Å². The van der Waals surface area contributed by atoms with E-state index in [4.69, 9.17) is 23.5 Å². The zero-order valence-corrected chi connectivity index (χ0v) is 33.6. The molecule has 1 aliphatic heterocycles. The van der Waals surface area contributed by atoms with Crippen molar-refractivity contribution >= 4 is 16.4 Å². The summed E-state index contributed by atoms with van der Waals surface area (Å²) in [4.78, 5) is 12.8. The number of aliphatic hydroxyl groups is 3. The molecule has 12 nitrogen and oxygen atoms in total. The third-order valence-corrected chi connectivity index (χ3v) is 9.07. The minimum Gasteiger partial charge on any atom is -0.457 e. The average Bonchev–Trinajstić information content (AvgIpc) is 3.14. The Bertz CT molecular complexity index is 1180. The molecule has 0 spiro atoms. The summed E-state index contributed by atoms with van der Waals surface area (Å²) in [5.41, 5.74) is 0. The Morgan fingerprint density at radius 3 is 1.87 bits per heavy atom. The van der Waals surface area contributed by atoms with E-state index in [1.807, 2.05) is 0 Å². The van der Waals surface area contributed by atoms with Crippen LogP contribution in [0.25, 0.3) is 0 Å². The maximum absolute atomic E-state index is 12.8. The third kappa shape index (κ3) is 26.6. The molecule has 0 saturated carbocycles. The monoisotopic (exact) mass is 786 g/mol. The number of rotatable bonds is 33. The fourth-order valence-corrected chi connectivity index (χ4v) is 6.11. The van der Waals surface area contributed by atoms with E-state index in [0.29, 0.717) is 13.0 Å². The maximum atomic E-state index is 12.8. The Morgan fingerprint density at radius 1 is 0.722 bits per heavy atom. The normalized spacial score (nSPS) is 21.8. The zero-order valence-electron chi connectivity index (χ0n) is 32.8. The number of hydrogen-bond donors (Lipinski definition) is 4. The first-order chi connectivity index (χ1) is 26.1. The van der Waals surface area contributed by atoms with Gasteiger partial charge in [0.05, 0.1) is 19.8 Å². The highest BCUT2D eigenvalue weighted by Gasteiger charge is 2.48. The molecule has 0 amide bonds. The van der Waals surface area contributed by atoms with E-state index in [2.05, 4.69) is 78.8 Å². The summed E-state index contributed by atoms with van der Waals surface area (Å²) in [7, 11) is -5.07. The second-order valence-electron chi connectivity index (χ2n) is 13.5. The number of hydrogen-bond acceptors (Lipinski definition) is 11. The van der Waals surface area contributed by atoms with Crippen LogP contribution in [0.1, 0.15) is 129 Å². The molecule has 0 aliphatic carbocycles. The summed E-state index contributed by atoms with van der Waals surface area (Å²) in [5.74, 6) is -0.436. The Hall–Kier alpha value is -2.20. The zero-order chi connectivity index (χ0) is 39.7. The molecule has 1 rings (SSSR count). The lowest BCUT2D eigenvalue weighted by Crippen LogP contribution is -2.60. The number of aliphatic hydroxyl groups excluding tert-OH is 3. The predicted octanol–water partition coefficient (Wildman–Crippen LogP) is 7.40. The van der Waals surface area contributed by atoms with Gasteiger partial charge < -0.3 is 34.3 Å². The third-order valence-electron chi connectivity index (χ3n) is 8.60. The van der Waals surface area contributed by atoms with Gasteiger partial charge in [-0.3, -0.25) is 9.35 Å². The van der Waals surface area contributed by atoms with Crippen molar-refractivity contribution in [3.05, 3.63) is 60.8 Å². The van der Waals surface area contributed by atoms with Crippen molar-refractivity contribution in [1.82, 2.24) is 0 Å². The second-order valence-corrected chi connectivity index (χ2v) is 14.5. The molecular formula is C41H70O12S. The smallest absolute Gasteiger partial charge is 0.397 e. The van der Waals surface area contributed by atoms with Gasteiger partial charge >= 0.3 is 16.4 Å². The van der Waals surface area contributed by atoms with Gasteiger partial charge in [0.2, 0.25) is 0 Å². The van der Waals surface area contributed by atoms with Crippen LogP contribution in [0.3, 0.4) is 0 Å². The van der Waals surface area contributed by atoms with E-state index in [9.17, 15) is 28.5 Å². The summed E-state index contributed by atoms with van der Waals surface area (Å²) >= 11 is 0. The largest absolute Gasteiger partial charge is 0.457 e. The van der Waals surface area contributed by atoms with Crippen LogP contribution in [-0.4, -0.2) is 97.5 Å². The number of esters is 1. The van der Waals surface area contributed by atoms with Crippen LogP contribution in [0, 0.1) is 0 Å². The molecule has 0 aromatic rings. The number of ether oxygens (including phenoxy) is 4. The van der Waals surface area contributed by atoms with Gasteiger partial charge in [-0.05, 0) is 70.6 Å². The van der Waals surface area contributed by atoms with Crippen molar-refractivity contribution in [2.24, 2.45) is 0 Å². The van der Waals surface area contributed by atoms with Gasteiger partial charge in [-0.25, -0.2) is 4.18 Å². The molecule has 0 aromatic carbocycles. The maximum Gasteiger partial charge on any atom is 0.397 e. The van der Waals surface area contributed by atoms with Gasteiger partial charge in [0.15, 0.2) is 6.29 Å². The summed E-state index contributed by atoms with van der Waals surface area (Å²) in [6, 6.07) is 0. The first kappa shape index (κ1) is 49.8. The van der Waals surface area contributed by atoms with E-state index in [1.54, 1.807) is 0 Å². The van der Waals surface area contributed by atoms with Gasteiger partial charge in [-0.15, -0.1) is 0 Å². The highest BCUT2D eigenvalue weighted by molar-refractivity contribution is 7.80. The first-order valence-corrected chi connectivity index (χ1v) is 21.4. The Labute approximate surface area is 325 Å².